The Morgan fingerprint density at radius 1 is 1.13 bits per heavy atom. The fraction of sp³-hybridized carbons (Fsp3) is 0.941. The molecule has 1 aliphatic rings. The van der Waals surface area contributed by atoms with Gasteiger partial charge in [0.1, 0.15) is 0 Å². The third kappa shape index (κ3) is 10.5. The number of nitrogens with two attached hydrogens (primary N) is 1. The summed E-state index contributed by atoms with van der Waals surface area (Å²) < 4.78 is 5.35. The van der Waals surface area contributed by atoms with Gasteiger partial charge in [0.15, 0.2) is 5.96 Å². The maximum Gasteiger partial charge on any atom is 0.188 e. The molecule has 1 heterocycles. The average Bonchev–Trinajstić information content (AvgIpc) is 2.57. The predicted octanol–water partition coefficient (Wildman–Crippen LogP) is 1.13. The van der Waals surface area contributed by atoms with E-state index >= 15 is 0 Å². The summed E-state index contributed by atoms with van der Waals surface area (Å²) in [6, 6.07) is 0. The number of nitrogens with one attached hydrogen (secondary N) is 1. The summed E-state index contributed by atoms with van der Waals surface area (Å²) in [6.07, 6.45) is 4.61. The maximum absolute atomic E-state index is 5.92. The first-order valence-corrected chi connectivity index (χ1v) is 9.32. The summed E-state index contributed by atoms with van der Waals surface area (Å²) in [4.78, 5) is 9.38. The van der Waals surface area contributed by atoms with Gasteiger partial charge in [0.2, 0.25) is 0 Å². The number of morpholine rings is 1. The van der Waals surface area contributed by atoms with Gasteiger partial charge in [-0.25, -0.2) is 0 Å². The van der Waals surface area contributed by atoms with E-state index in [2.05, 4.69) is 34.0 Å². The molecule has 6 nitrogen and oxygen atoms in total. The van der Waals surface area contributed by atoms with E-state index in [1.807, 2.05) is 0 Å². The second-order valence-corrected chi connectivity index (χ2v) is 6.20. The van der Waals surface area contributed by atoms with Crippen molar-refractivity contribution in [1.29, 1.82) is 0 Å². The van der Waals surface area contributed by atoms with Crippen molar-refractivity contribution in [3.05, 3.63) is 0 Å². The van der Waals surface area contributed by atoms with Gasteiger partial charge in [0.05, 0.1) is 13.2 Å². The van der Waals surface area contributed by atoms with E-state index in [0.717, 1.165) is 65.3 Å². The Kier molecular flexibility index (Phi) is 11.9. The molecule has 0 aromatic carbocycles. The summed E-state index contributed by atoms with van der Waals surface area (Å²) >= 11 is 0. The van der Waals surface area contributed by atoms with Crippen molar-refractivity contribution in [3.8, 4) is 0 Å². The largest absolute Gasteiger partial charge is 0.379 e. The number of nitrogens with zero attached hydrogens (tertiary/aromatic N) is 3. The first kappa shape index (κ1) is 20.2. The van der Waals surface area contributed by atoms with Crippen molar-refractivity contribution in [1.82, 2.24) is 15.1 Å². The molecule has 3 N–H and O–H groups in total. The standard InChI is InChI=1S/C17H37N5O/c1-3-9-21(10-4-2)11-5-7-19-17(18)20-8-6-12-22-13-15-23-16-14-22/h3-16H2,1-2H3,(H3,18,19,20). The van der Waals surface area contributed by atoms with Gasteiger partial charge in [-0.1, -0.05) is 13.8 Å². The smallest absolute Gasteiger partial charge is 0.188 e. The molecule has 1 fully saturated rings. The molecule has 0 atom stereocenters. The molecule has 0 spiro atoms. The van der Waals surface area contributed by atoms with Gasteiger partial charge in [-0.05, 0) is 51.9 Å². The lowest BCUT2D eigenvalue weighted by Crippen LogP contribution is -2.39. The second kappa shape index (κ2) is 13.6. The van der Waals surface area contributed by atoms with Crippen LogP contribution in [0.4, 0.5) is 0 Å². The lowest BCUT2D eigenvalue weighted by Gasteiger charge is -2.26. The molecule has 1 saturated heterocycles. The van der Waals surface area contributed by atoms with Crippen molar-refractivity contribution >= 4 is 5.96 Å². The van der Waals surface area contributed by atoms with Crippen molar-refractivity contribution < 1.29 is 4.74 Å². The van der Waals surface area contributed by atoms with Crippen LogP contribution in [0.2, 0.25) is 0 Å². The van der Waals surface area contributed by atoms with E-state index in [9.17, 15) is 0 Å². The fourth-order valence-corrected chi connectivity index (χ4v) is 2.86. The lowest BCUT2D eigenvalue weighted by molar-refractivity contribution is 0.0376. The van der Waals surface area contributed by atoms with Gasteiger partial charge in [-0.3, -0.25) is 9.89 Å². The Morgan fingerprint density at radius 3 is 2.48 bits per heavy atom. The highest BCUT2D eigenvalue weighted by Crippen LogP contribution is 1.98. The molecule has 6 heteroatoms. The SMILES string of the molecule is CCCN(CCC)CCCN=C(N)NCCCN1CCOCC1. The summed E-state index contributed by atoms with van der Waals surface area (Å²) in [5, 5.41) is 3.22. The number of rotatable bonds is 12. The summed E-state index contributed by atoms with van der Waals surface area (Å²) in [6.45, 7) is 14.6. The van der Waals surface area contributed by atoms with Crippen LogP contribution in [0.3, 0.4) is 0 Å². The minimum absolute atomic E-state index is 0.588. The molecule has 0 radical (unpaired) electrons. The van der Waals surface area contributed by atoms with E-state index in [1.165, 1.54) is 25.9 Å². The van der Waals surface area contributed by atoms with Crippen LogP contribution in [-0.2, 0) is 4.74 Å². The van der Waals surface area contributed by atoms with Crippen LogP contribution in [-0.4, -0.2) is 81.3 Å². The molecular weight excluding hydrogens is 290 g/mol. The Morgan fingerprint density at radius 2 is 1.83 bits per heavy atom. The van der Waals surface area contributed by atoms with Crippen LogP contribution in [0.5, 0.6) is 0 Å². The number of ether oxygens (including phenoxy) is 1. The molecule has 0 unspecified atom stereocenters. The molecule has 0 saturated carbocycles. The summed E-state index contributed by atoms with van der Waals surface area (Å²) in [5.74, 6) is 0.588. The normalized spacial score (nSPS) is 16.9. The van der Waals surface area contributed by atoms with Crippen LogP contribution >= 0.6 is 0 Å². The van der Waals surface area contributed by atoms with Crippen molar-refractivity contribution in [3.63, 3.8) is 0 Å². The van der Waals surface area contributed by atoms with Gasteiger partial charge in [0.25, 0.3) is 0 Å². The molecular formula is C17H37N5O. The number of hydrogen-bond acceptors (Lipinski definition) is 4. The van der Waals surface area contributed by atoms with Gasteiger partial charge < -0.3 is 20.7 Å². The molecule has 0 aliphatic carbocycles. The molecule has 1 rings (SSSR count). The highest BCUT2D eigenvalue weighted by molar-refractivity contribution is 5.77. The number of aliphatic imine (C=N–C) groups is 1. The van der Waals surface area contributed by atoms with Crippen LogP contribution in [0.15, 0.2) is 4.99 Å². The molecule has 23 heavy (non-hydrogen) atoms. The number of guanidine groups is 1. The Bertz CT molecular complexity index is 299. The minimum Gasteiger partial charge on any atom is -0.379 e. The average molecular weight is 328 g/mol. The first-order valence-electron chi connectivity index (χ1n) is 9.32. The van der Waals surface area contributed by atoms with Gasteiger partial charge in [0, 0.05) is 26.2 Å². The van der Waals surface area contributed by atoms with E-state index in [-0.39, 0.29) is 0 Å². The highest BCUT2D eigenvalue weighted by atomic mass is 16.5. The van der Waals surface area contributed by atoms with Crippen LogP contribution < -0.4 is 11.1 Å². The molecule has 0 amide bonds. The third-order valence-corrected chi connectivity index (χ3v) is 4.06. The van der Waals surface area contributed by atoms with Crippen LogP contribution in [0.25, 0.3) is 0 Å². The van der Waals surface area contributed by atoms with Crippen LogP contribution in [0.1, 0.15) is 39.5 Å². The monoisotopic (exact) mass is 327 g/mol. The number of hydrogen-bond donors (Lipinski definition) is 2. The van der Waals surface area contributed by atoms with Crippen molar-refractivity contribution in [2.45, 2.75) is 39.5 Å². The molecule has 1 aliphatic heterocycles. The van der Waals surface area contributed by atoms with Gasteiger partial charge in [-0.2, -0.15) is 0 Å². The van der Waals surface area contributed by atoms with E-state index in [1.54, 1.807) is 0 Å². The van der Waals surface area contributed by atoms with E-state index < -0.39 is 0 Å². The summed E-state index contributed by atoms with van der Waals surface area (Å²) in [7, 11) is 0. The predicted molar refractivity (Wildman–Crippen MR) is 98.0 cm³/mol. The van der Waals surface area contributed by atoms with Gasteiger partial charge in [-0.15, -0.1) is 0 Å². The van der Waals surface area contributed by atoms with Crippen molar-refractivity contribution in [2.75, 3.05) is 65.6 Å². The zero-order valence-corrected chi connectivity index (χ0v) is 15.2. The topological polar surface area (TPSA) is 66.1 Å². The van der Waals surface area contributed by atoms with Crippen LogP contribution in [0, 0.1) is 0 Å². The fourth-order valence-electron chi connectivity index (χ4n) is 2.86. The molecule has 0 bridgehead atoms. The Hall–Kier alpha value is -0.850. The van der Waals surface area contributed by atoms with Crippen molar-refractivity contribution in [2.24, 2.45) is 10.7 Å². The van der Waals surface area contributed by atoms with E-state index in [0.29, 0.717) is 5.96 Å². The minimum atomic E-state index is 0.588. The summed E-state index contributed by atoms with van der Waals surface area (Å²) in [5.41, 5.74) is 5.92. The first-order chi connectivity index (χ1) is 11.3. The molecule has 0 aromatic heterocycles. The third-order valence-electron chi connectivity index (χ3n) is 4.06. The zero-order valence-electron chi connectivity index (χ0n) is 15.2. The Balaban J connectivity index is 2.02. The molecule has 0 aromatic rings. The van der Waals surface area contributed by atoms with E-state index in [4.69, 9.17) is 10.5 Å². The van der Waals surface area contributed by atoms with Gasteiger partial charge >= 0.3 is 0 Å². The maximum atomic E-state index is 5.92. The highest BCUT2D eigenvalue weighted by Gasteiger charge is 2.09. The Labute approximate surface area is 142 Å². The quantitative estimate of drug-likeness (QED) is 0.319. The second-order valence-electron chi connectivity index (χ2n) is 6.20. The lowest BCUT2D eigenvalue weighted by atomic mass is 10.3. The zero-order chi connectivity index (χ0) is 16.8. The molecule has 136 valence electrons.